The van der Waals surface area contributed by atoms with Crippen LogP contribution < -0.4 is 15.8 Å². The first-order chi connectivity index (χ1) is 18.1. The first-order valence-electron chi connectivity index (χ1n) is 10.7. The van der Waals surface area contributed by atoms with Crippen molar-refractivity contribution in [2.45, 2.75) is 27.8 Å². The van der Waals surface area contributed by atoms with Gasteiger partial charge in [0.2, 0.25) is 15.8 Å². The number of rotatable bonds is 5. The van der Waals surface area contributed by atoms with E-state index in [0.29, 0.717) is 22.3 Å². The number of nitrogens with zero attached hydrogens (tertiary/aromatic N) is 3. The standard InChI is InChI=1S/C18H17N7O5S2.C2HF3O2/c19-32(29,30)16-14(31(27,28)9-6-20-7-9)5-4-11(15(16)17-22-24-25-23-17)10-2-1-3-12-13(10)8-21-18(12)26;3-2(4,5)1(6)7/h1-5,9,20H,6-8H2,(H,21,26)(H2,19,29,30)(H,22,23,24,25);(H,6,7). The summed E-state index contributed by atoms with van der Waals surface area (Å²) in [5.41, 5.74) is 1.83. The first-order valence-corrected chi connectivity index (χ1v) is 13.8. The summed E-state index contributed by atoms with van der Waals surface area (Å²) in [7, 11) is -8.57. The fourth-order valence-electron chi connectivity index (χ4n) is 3.95. The molecule has 39 heavy (non-hydrogen) atoms. The number of sulfone groups is 1. The topological polar surface area (TPSA) is 227 Å². The van der Waals surface area contributed by atoms with E-state index in [4.69, 9.17) is 15.0 Å². The van der Waals surface area contributed by atoms with Gasteiger partial charge in [-0.3, -0.25) is 4.79 Å². The third kappa shape index (κ3) is 5.33. The van der Waals surface area contributed by atoms with Gasteiger partial charge in [-0.15, -0.1) is 10.2 Å². The monoisotopic (exact) mass is 589 g/mol. The quantitative estimate of drug-likeness (QED) is 0.262. The van der Waals surface area contributed by atoms with Gasteiger partial charge in [0, 0.05) is 25.2 Å². The van der Waals surface area contributed by atoms with E-state index in [2.05, 4.69) is 31.3 Å². The number of nitrogens with two attached hydrogens (primary N) is 1. The predicted octanol–water partition coefficient (Wildman–Crippen LogP) is -0.197. The van der Waals surface area contributed by atoms with Crippen molar-refractivity contribution < 1.29 is 44.7 Å². The molecule has 1 aromatic heterocycles. The number of aliphatic carboxylic acids is 1. The van der Waals surface area contributed by atoms with Crippen molar-refractivity contribution in [3.05, 3.63) is 41.5 Å². The average Bonchev–Trinajstić information content (AvgIpc) is 3.46. The van der Waals surface area contributed by atoms with Crippen LogP contribution in [0, 0.1) is 0 Å². The number of tetrazole rings is 1. The van der Waals surface area contributed by atoms with E-state index in [-0.39, 0.29) is 36.9 Å². The Kier molecular flexibility index (Phi) is 7.19. The van der Waals surface area contributed by atoms with Crippen LogP contribution in [0.1, 0.15) is 15.9 Å². The van der Waals surface area contributed by atoms with Crippen LogP contribution in [0.25, 0.3) is 22.5 Å². The van der Waals surface area contributed by atoms with Gasteiger partial charge in [0.15, 0.2) is 9.84 Å². The smallest absolute Gasteiger partial charge is 0.475 e. The Hall–Kier alpha value is -3.94. The SMILES string of the molecule is NS(=O)(=O)c1c(S(=O)(=O)C2CNC2)ccc(-c2cccc3c2CNC3=O)c1-c1nn[nH]n1.O=C(O)C(F)(F)F. The van der Waals surface area contributed by atoms with Gasteiger partial charge < -0.3 is 15.7 Å². The van der Waals surface area contributed by atoms with Crippen molar-refractivity contribution in [3.63, 3.8) is 0 Å². The van der Waals surface area contributed by atoms with Crippen LogP contribution in [0.4, 0.5) is 13.2 Å². The molecule has 0 bridgehead atoms. The summed E-state index contributed by atoms with van der Waals surface area (Å²) in [5, 5.41) is 31.0. The van der Waals surface area contributed by atoms with Crippen molar-refractivity contribution >= 4 is 31.7 Å². The Morgan fingerprint density at radius 1 is 1.05 bits per heavy atom. The van der Waals surface area contributed by atoms with Crippen LogP contribution in [-0.4, -0.2) is 79.0 Å². The van der Waals surface area contributed by atoms with Gasteiger partial charge in [-0.25, -0.2) is 26.8 Å². The summed E-state index contributed by atoms with van der Waals surface area (Å²) >= 11 is 0. The number of primary sulfonamides is 1. The van der Waals surface area contributed by atoms with Gasteiger partial charge >= 0.3 is 12.1 Å². The number of aromatic amines is 1. The molecule has 1 fully saturated rings. The summed E-state index contributed by atoms with van der Waals surface area (Å²) in [4.78, 5) is 20.0. The third-order valence-electron chi connectivity index (χ3n) is 5.84. The van der Waals surface area contributed by atoms with E-state index in [1.54, 1.807) is 18.2 Å². The number of hydrogen-bond donors (Lipinski definition) is 5. The summed E-state index contributed by atoms with van der Waals surface area (Å²) in [5.74, 6) is -3.15. The van der Waals surface area contributed by atoms with Crippen molar-refractivity contribution in [1.29, 1.82) is 0 Å². The van der Waals surface area contributed by atoms with Crippen molar-refractivity contribution in [2.24, 2.45) is 5.14 Å². The van der Waals surface area contributed by atoms with Crippen LogP contribution in [0.3, 0.4) is 0 Å². The fraction of sp³-hybridized carbons (Fsp3) is 0.250. The number of alkyl halides is 3. The highest BCUT2D eigenvalue weighted by Gasteiger charge is 2.39. The second-order valence-electron chi connectivity index (χ2n) is 8.24. The molecule has 0 aliphatic carbocycles. The van der Waals surface area contributed by atoms with Crippen LogP contribution in [0.2, 0.25) is 0 Å². The molecule has 14 nitrogen and oxygen atoms in total. The van der Waals surface area contributed by atoms with Gasteiger partial charge in [-0.1, -0.05) is 18.2 Å². The van der Waals surface area contributed by atoms with Gasteiger partial charge in [0.25, 0.3) is 5.91 Å². The number of carbonyl (C=O) groups excluding carboxylic acids is 1. The lowest BCUT2D eigenvalue weighted by atomic mass is 9.93. The molecule has 5 rings (SSSR count). The molecule has 208 valence electrons. The van der Waals surface area contributed by atoms with E-state index in [0.717, 1.165) is 0 Å². The van der Waals surface area contributed by atoms with E-state index < -0.39 is 47.0 Å². The maximum atomic E-state index is 13.2. The second-order valence-corrected chi connectivity index (χ2v) is 11.9. The number of fused-ring (bicyclic) bond motifs is 1. The zero-order valence-electron chi connectivity index (χ0n) is 19.4. The Morgan fingerprint density at radius 2 is 1.69 bits per heavy atom. The average molecular weight is 590 g/mol. The minimum absolute atomic E-state index is 0.0950. The minimum atomic E-state index is -5.08. The Bertz CT molecular complexity index is 1670. The fourth-order valence-corrected chi connectivity index (χ4v) is 7.13. The van der Waals surface area contributed by atoms with Crippen LogP contribution >= 0.6 is 0 Å². The van der Waals surface area contributed by atoms with Crippen LogP contribution in [0.15, 0.2) is 40.1 Å². The minimum Gasteiger partial charge on any atom is -0.475 e. The number of H-pyrrole nitrogens is 1. The maximum absolute atomic E-state index is 13.2. The molecule has 2 aromatic carbocycles. The van der Waals surface area contributed by atoms with E-state index in [9.17, 15) is 34.8 Å². The number of carboxylic acids is 1. The maximum Gasteiger partial charge on any atom is 0.490 e. The molecule has 19 heteroatoms. The van der Waals surface area contributed by atoms with Crippen LogP contribution in [-0.2, 0) is 31.2 Å². The molecule has 2 aliphatic rings. The molecule has 1 saturated heterocycles. The lowest BCUT2D eigenvalue weighted by Gasteiger charge is -2.28. The molecular formula is C20H18F3N7O7S2. The Labute approximate surface area is 217 Å². The molecule has 3 heterocycles. The number of sulfonamides is 1. The molecule has 1 amide bonds. The first kappa shape index (κ1) is 28.1. The number of hydrogen-bond acceptors (Lipinski definition) is 10. The van der Waals surface area contributed by atoms with E-state index in [1.165, 1.54) is 12.1 Å². The Morgan fingerprint density at radius 3 is 2.21 bits per heavy atom. The highest BCUT2D eigenvalue weighted by Crippen LogP contribution is 2.42. The van der Waals surface area contributed by atoms with Crippen molar-refractivity contribution in [2.75, 3.05) is 13.1 Å². The molecular weight excluding hydrogens is 571 g/mol. The van der Waals surface area contributed by atoms with Gasteiger partial charge in [0.1, 0.15) is 4.90 Å². The summed E-state index contributed by atoms with van der Waals surface area (Å²) in [6.07, 6.45) is -5.08. The van der Waals surface area contributed by atoms with Crippen LogP contribution in [0.5, 0.6) is 0 Å². The summed E-state index contributed by atoms with van der Waals surface area (Å²) < 4.78 is 83.7. The molecule has 6 N–H and O–H groups in total. The van der Waals surface area contributed by atoms with Crippen molar-refractivity contribution in [3.8, 4) is 22.5 Å². The zero-order chi connectivity index (χ0) is 28.8. The number of halogens is 3. The molecule has 0 spiro atoms. The second kappa shape index (κ2) is 9.98. The highest BCUT2D eigenvalue weighted by molar-refractivity contribution is 7.94. The normalized spacial score (nSPS) is 15.5. The van der Waals surface area contributed by atoms with E-state index in [1.807, 2.05) is 0 Å². The van der Waals surface area contributed by atoms with Gasteiger partial charge in [-0.2, -0.15) is 18.4 Å². The molecule has 2 aliphatic heterocycles. The highest BCUT2D eigenvalue weighted by atomic mass is 32.2. The number of benzene rings is 2. The van der Waals surface area contributed by atoms with E-state index >= 15 is 0 Å². The summed E-state index contributed by atoms with van der Waals surface area (Å²) in [6.45, 7) is 0.631. The largest absolute Gasteiger partial charge is 0.490 e. The van der Waals surface area contributed by atoms with Gasteiger partial charge in [0.05, 0.1) is 15.7 Å². The number of carbonyl (C=O) groups is 2. The lowest BCUT2D eigenvalue weighted by molar-refractivity contribution is -0.192. The molecule has 0 radical (unpaired) electrons. The zero-order valence-corrected chi connectivity index (χ0v) is 21.0. The number of aromatic nitrogens is 4. The lowest BCUT2D eigenvalue weighted by Crippen LogP contribution is -2.51. The molecule has 0 unspecified atom stereocenters. The third-order valence-corrected chi connectivity index (χ3v) is 9.13. The number of nitrogens with one attached hydrogen (secondary N) is 3. The summed E-state index contributed by atoms with van der Waals surface area (Å²) in [6, 6.07) is 7.72. The molecule has 3 aromatic rings. The predicted molar refractivity (Wildman–Crippen MR) is 125 cm³/mol. The number of amides is 1. The van der Waals surface area contributed by atoms with Gasteiger partial charge in [-0.05, 0) is 34.0 Å². The number of carboxylic acid groups (broad SMARTS) is 1. The molecule has 0 saturated carbocycles. The van der Waals surface area contributed by atoms with Crippen molar-refractivity contribution in [1.82, 2.24) is 31.3 Å². The Balaban J connectivity index is 0.000000448. The molecule has 0 atom stereocenters.